The maximum Gasteiger partial charge on any atom is 0.268 e. The van der Waals surface area contributed by atoms with Gasteiger partial charge in [-0.15, -0.1) is 0 Å². The van der Waals surface area contributed by atoms with Gasteiger partial charge in [-0.1, -0.05) is 179 Å². The number of phosphoric ester groups is 1. The number of amides is 1. The van der Waals surface area contributed by atoms with E-state index in [0.29, 0.717) is 23.9 Å². The Bertz CT molecular complexity index is 1050. The van der Waals surface area contributed by atoms with Crippen LogP contribution < -0.4 is 10.2 Å². The Kier molecular flexibility index (Phi) is 38.0. The molecule has 0 aliphatic rings. The topological polar surface area (TPSA) is 128 Å². The molecular formula is C47H91N2O7P. The molecule has 0 rings (SSSR count). The summed E-state index contributed by atoms with van der Waals surface area (Å²) in [4.78, 5) is 25.4. The van der Waals surface area contributed by atoms with E-state index in [2.05, 4.69) is 55.6 Å². The van der Waals surface area contributed by atoms with Crippen molar-refractivity contribution in [2.24, 2.45) is 0 Å². The fourth-order valence-corrected chi connectivity index (χ4v) is 7.39. The van der Waals surface area contributed by atoms with Crippen molar-refractivity contribution in [1.29, 1.82) is 0 Å². The second kappa shape index (κ2) is 38.9. The molecule has 0 saturated carbocycles. The van der Waals surface area contributed by atoms with Crippen molar-refractivity contribution in [3.8, 4) is 0 Å². The second-order valence-electron chi connectivity index (χ2n) is 17.2. The van der Waals surface area contributed by atoms with Crippen LogP contribution in [0.3, 0.4) is 0 Å². The summed E-state index contributed by atoms with van der Waals surface area (Å²) in [6.45, 7) is 4.41. The van der Waals surface area contributed by atoms with E-state index in [1.807, 2.05) is 21.1 Å². The number of hydrogen-bond donors (Lipinski definition) is 3. The van der Waals surface area contributed by atoms with E-state index < -0.39 is 32.7 Å². The lowest BCUT2D eigenvalue weighted by atomic mass is 9.99. The van der Waals surface area contributed by atoms with Crippen molar-refractivity contribution >= 4 is 13.7 Å². The number of likely N-dealkylation sites (N-methyl/N-ethyl adjacent to an activating group) is 1. The zero-order valence-corrected chi connectivity index (χ0v) is 38.5. The van der Waals surface area contributed by atoms with Crippen LogP contribution in [0.5, 0.6) is 0 Å². The summed E-state index contributed by atoms with van der Waals surface area (Å²) in [7, 11) is 1.11. The van der Waals surface area contributed by atoms with E-state index in [4.69, 9.17) is 9.05 Å². The first-order valence-electron chi connectivity index (χ1n) is 23.4. The molecular weight excluding hydrogens is 735 g/mol. The summed E-state index contributed by atoms with van der Waals surface area (Å²) < 4.78 is 23.1. The first kappa shape index (κ1) is 55.7. The van der Waals surface area contributed by atoms with Crippen LogP contribution in [0, 0.1) is 0 Å². The molecule has 0 spiro atoms. The summed E-state index contributed by atoms with van der Waals surface area (Å²) in [6, 6.07) is -1.08. The van der Waals surface area contributed by atoms with E-state index >= 15 is 0 Å². The number of carbonyl (C=O) groups is 1. The van der Waals surface area contributed by atoms with Crippen LogP contribution in [-0.2, 0) is 18.4 Å². The maximum atomic E-state index is 12.9. The molecule has 0 aromatic heterocycles. The number of unbranched alkanes of at least 4 members (excludes halogenated alkanes) is 22. The van der Waals surface area contributed by atoms with Crippen LogP contribution in [0.15, 0.2) is 36.5 Å². The Balaban J connectivity index is 4.46. The third-order valence-electron chi connectivity index (χ3n) is 10.5. The van der Waals surface area contributed by atoms with Gasteiger partial charge >= 0.3 is 0 Å². The quantitative estimate of drug-likeness (QED) is 0.0242. The van der Waals surface area contributed by atoms with Crippen LogP contribution in [0.25, 0.3) is 0 Å². The molecule has 0 aromatic carbocycles. The Morgan fingerprint density at radius 3 is 1.53 bits per heavy atom. The minimum absolute atomic E-state index is 0.0443. The van der Waals surface area contributed by atoms with E-state index in [9.17, 15) is 24.5 Å². The van der Waals surface area contributed by atoms with Gasteiger partial charge < -0.3 is 34.0 Å². The lowest BCUT2D eigenvalue weighted by Crippen LogP contribution is -2.51. The van der Waals surface area contributed by atoms with Crippen LogP contribution in [-0.4, -0.2) is 79.8 Å². The standard InChI is InChI=1S/C47H91N2O7P/c1-6-8-10-12-14-16-18-20-21-22-23-24-25-26-27-28-30-32-34-36-38-40-46(51)48-44(43-56-57(53,54)55-42-41-49(3,4)5)47(52)45(50)39-37-35-33-31-29-19-17-15-13-11-9-7-2/h18,20,22-23,25-26,44-45,47,50,52H,6-17,19,21,24,27-43H2,1-5H3,(H-,48,51,53,54)/b20-18-,23-22-,26-25-. The largest absolute Gasteiger partial charge is 0.756 e. The Morgan fingerprint density at radius 2 is 1.05 bits per heavy atom. The number of phosphoric acid groups is 1. The molecule has 0 radical (unpaired) electrons. The molecule has 336 valence electrons. The van der Waals surface area contributed by atoms with Gasteiger partial charge in [-0.2, -0.15) is 0 Å². The second-order valence-corrected chi connectivity index (χ2v) is 18.7. The molecule has 9 nitrogen and oxygen atoms in total. The average Bonchev–Trinajstić information content (AvgIpc) is 3.16. The number of carbonyl (C=O) groups excluding carboxylic acids is 1. The zero-order valence-electron chi connectivity index (χ0n) is 37.7. The molecule has 4 atom stereocenters. The molecule has 4 unspecified atom stereocenters. The number of nitrogens with zero attached hydrogens (tertiary/aromatic N) is 1. The van der Waals surface area contributed by atoms with E-state index in [1.165, 1.54) is 96.3 Å². The highest BCUT2D eigenvalue weighted by Crippen LogP contribution is 2.38. The van der Waals surface area contributed by atoms with Gasteiger partial charge in [0.15, 0.2) is 0 Å². The van der Waals surface area contributed by atoms with Crippen LogP contribution in [0.1, 0.15) is 200 Å². The van der Waals surface area contributed by atoms with E-state index in [0.717, 1.165) is 70.6 Å². The molecule has 1 amide bonds. The molecule has 57 heavy (non-hydrogen) atoms. The van der Waals surface area contributed by atoms with Crippen molar-refractivity contribution in [3.05, 3.63) is 36.5 Å². The van der Waals surface area contributed by atoms with Gasteiger partial charge in [-0.25, -0.2) is 0 Å². The molecule has 0 aliphatic carbocycles. The Morgan fingerprint density at radius 1 is 0.632 bits per heavy atom. The number of nitrogens with one attached hydrogen (secondary N) is 1. The third-order valence-corrected chi connectivity index (χ3v) is 11.4. The summed E-state index contributed by atoms with van der Waals surface area (Å²) in [6.07, 6.45) is 43.2. The minimum Gasteiger partial charge on any atom is -0.756 e. The smallest absolute Gasteiger partial charge is 0.268 e. The summed E-state index contributed by atoms with van der Waals surface area (Å²) >= 11 is 0. The zero-order chi connectivity index (χ0) is 42.3. The molecule has 0 saturated heterocycles. The summed E-state index contributed by atoms with van der Waals surface area (Å²) in [5, 5.41) is 24.6. The molecule has 0 aromatic rings. The molecule has 3 N–H and O–H groups in total. The Labute approximate surface area is 351 Å². The SMILES string of the molecule is CCCCCCC/C=C\C/C=C\C/C=C\CCCCCCCCC(=O)NC(COP(=O)([O-])OCC[N+](C)(C)C)C(O)C(O)CCCCCCCCCCCCCC. The van der Waals surface area contributed by atoms with Gasteiger partial charge in [0.25, 0.3) is 7.82 Å². The highest BCUT2D eigenvalue weighted by molar-refractivity contribution is 7.45. The van der Waals surface area contributed by atoms with E-state index in [-0.39, 0.29) is 18.9 Å². The van der Waals surface area contributed by atoms with Gasteiger partial charge in [0, 0.05) is 6.42 Å². The number of aliphatic hydroxyl groups is 2. The van der Waals surface area contributed by atoms with Crippen molar-refractivity contribution in [3.63, 3.8) is 0 Å². The highest BCUT2D eigenvalue weighted by Gasteiger charge is 2.29. The highest BCUT2D eigenvalue weighted by atomic mass is 31.2. The number of rotatable bonds is 42. The van der Waals surface area contributed by atoms with Crippen molar-refractivity contribution < 1.29 is 38.0 Å². The number of aliphatic hydroxyl groups excluding tert-OH is 2. The molecule has 0 fully saturated rings. The summed E-state index contributed by atoms with van der Waals surface area (Å²) in [5.74, 6) is -0.292. The van der Waals surface area contributed by atoms with Crippen LogP contribution >= 0.6 is 7.82 Å². The van der Waals surface area contributed by atoms with Crippen LogP contribution in [0.2, 0.25) is 0 Å². The predicted octanol–water partition coefficient (Wildman–Crippen LogP) is 11.4. The van der Waals surface area contributed by atoms with Crippen LogP contribution in [0.4, 0.5) is 0 Å². The maximum absolute atomic E-state index is 12.9. The van der Waals surface area contributed by atoms with Gasteiger partial charge in [0.2, 0.25) is 5.91 Å². The predicted molar refractivity (Wildman–Crippen MR) is 239 cm³/mol. The average molecular weight is 827 g/mol. The van der Waals surface area contributed by atoms with Gasteiger partial charge in [-0.05, 0) is 51.4 Å². The molecule has 0 heterocycles. The third kappa shape index (κ3) is 39.9. The van der Waals surface area contributed by atoms with Crippen molar-refractivity contribution in [1.82, 2.24) is 5.32 Å². The number of quaternary nitrogens is 1. The lowest BCUT2D eigenvalue weighted by Gasteiger charge is -2.31. The summed E-state index contributed by atoms with van der Waals surface area (Å²) in [5.41, 5.74) is 0. The van der Waals surface area contributed by atoms with Gasteiger partial charge in [0.1, 0.15) is 19.3 Å². The molecule has 0 aliphatic heterocycles. The lowest BCUT2D eigenvalue weighted by molar-refractivity contribution is -0.870. The monoisotopic (exact) mass is 827 g/mol. The fourth-order valence-electron chi connectivity index (χ4n) is 6.67. The molecule has 10 heteroatoms. The fraction of sp³-hybridized carbons (Fsp3) is 0.851. The van der Waals surface area contributed by atoms with Crippen molar-refractivity contribution in [2.45, 2.75) is 218 Å². The van der Waals surface area contributed by atoms with E-state index in [1.54, 1.807) is 0 Å². The normalized spacial score (nSPS) is 15.2. The Hall–Kier alpha value is -1.32. The van der Waals surface area contributed by atoms with Gasteiger partial charge in [-0.3, -0.25) is 9.36 Å². The first-order valence-corrected chi connectivity index (χ1v) is 24.9. The van der Waals surface area contributed by atoms with Gasteiger partial charge in [0.05, 0.1) is 39.9 Å². The molecule has 0 bridgehead atoms. The number of allylic oxidation sites excluding steroid dienone is 6. The minimum atomic E-state index is -4.67. The number of hydrogen-bond acceptors (Lipinski definition) is 7. The van der Waals surface area contributed by atoms with Crippen molar-refractivity contribution in [2.75, 3.05) is 40.9 Å². The first-order chi connectivity index (χ1) is 27.4.